The lowest BCUT2D eigenvalue weighted by molar-refractivity contribution is 0.174. The molecule has 0 amide bonds. The van der Waals surface area contributed by atoms with Crippen LogP contribution in [0.25, 0.3) is 0 Å². The van der Waals surface area contributed by atoms with Gasteiger partial charge < -0.3 is 19.7 Å². The van der Waals surface area contributed by atoms with Gasteiger partial charge in [-0.1, -0.05) is 18.9 Å². The first-order chi connectivity index (χ1) is 12.3. The van der Waals surface area contributed by atoms with Crippen LogP contribution < -0.4 is 19.7 Å². The van der Waals surface area contributed by atoms with Crippen molar-refractivity contribution >= 4 is 11.8 Å². The number of benzene rings is 1. The van der Waals surface area contributed by atoms with Crippen molar-refractivity contribution in [2.24, 2.45) is 0 Å². The van der Waals surface area contributed by atoms with Crippen molar-refractivity contribution in [1.82, 2.24) is 9.97 Å². The average molecular weight is 340 g/mol. The van der Waals surface area contributed by atoms with Crippen LogP contribution in [0, 0.1) is 6.92 Å². The summed E-state index contributed by atoms with van der Waals surface area (Å²) in [6, 6.07) is 8.06. The van der Waals surface area contributed by atoms with E-state index in [1.165, 1.54) is 25.7 Å². The molecule has 4 rings (SSSR count). The third-order valence-electron chi connectivity index (χ3n) is 4.66. The van der Waals surface area contributed by atoms with Crippen molar-refractivity contribution in [3.05, 3.63) is 35.5 Å². The Morgan fingerprint density at radius 1 is 1.00 bits per heavy atom. The van der Waals surface area contributed by atoms with Gasteiger partial charge in [0.2, 0.25) is 12.7 Å². The van der Waals surface area contributed by atoms with Crippen molar-refractivity contribution in [3.63, 3.8) is 0 Å². The van der Waals surface area contributed by atoms with Crippen LogP contribution in [0.4, 0.5) is 11.8 Å². The van der Waals surface area contributed by atoms with E-state index in [1.807, 2.05) is 25.1 Å². The number of rotatable bonds is 4. The molecular formula is C19H24N4O2. The molecule has 6 nitrogen and oxygen atoms in total. The molecule has 2 aliphatic rings. The molecule has 0 saturated carbocycles. The molecule has 2 aromatic rings. The van der Waals surface area contributed by atoms with Crippen molar-refractivity contribution < 1.29 is 9.47 Å². The second-order valence-corrected chi connectivity index (χ2v) is 6.63. The van der Waals surface area contributed by atoms with Gasteiger partial charge in [-0.3, -0.25) is 0 Å². The van der Waals surface area contributed by atoms with Crippen LogP contribution in [-0.2, 0) is 6.54 Å². The summed E-state index contributed by atoms with van der Waals surface area (Å²) in [5, 5.41) is 3.34. The molecule has 6 heteroatoms. The molecule has 1 N–H and O–H groups in total. The second-order valence-electron chi connectivity index (χ2n) is 6.63. The molecule has 1 saturated heterocycles. The number of hydrogen-bond donors (Lipinski definition) is 1. The summed E-state index contributed by atoms with van der Waals surface area (Å²) in [6.07, 6.45) is 5.11. The Bertz CT molecular complexity index is 742. The topological polar surface area (TPSA) is 59.5 Å². The summed E-state index contributed by atoms with van der Waals surface area (Å²) in [5.41, 5.74) is 2.10. The number of nitrogens with one attached hydrogen (secondary N) is 1. The lowest BCUT2D eigenvalue weighted by Gasteiger charge is -2.22. The number of hydrogen-bond acceptors (Lipinski definition) is 6. The summed E-state index contributed by atoms with van der Waals surface area (Å²) in [5.74, 6) is 3.31. The molecule has 0 aliphatic carbocycles. The summed E-state index contributed by atoms with van der Waals surface area (Å²) in [7, 11) is 0. The smallest absolute Gasteiger partial charge is 0.231 e. The third-order valence-corrected chi connectivity index (χ3v) is 4.66. The van der Waals surface area contributed by atoms with E-state index in [1.54, 1.807) is 0 Å². The molecule has 0 radical (unpaired) electrons. The number of aryl methyl sites for hydroxylation is 1. The fourth-order valence-corrected chi connectivity index (χ4v) is 3.32. The Balaban J connectivity index is 1.46. The Morgan fingerprint density at radius 2 is 1.80 bits per heavy atom. The first-order valence-corrected chi connectivity index (χ1v) is 9.01. The van der Waals surface area contributed by atoms with Gasteiger partial charge in [-0.2, -0.15) is 4.98 Å². The predicted molar refractivity (Wildman–Crippen MR) is 97.3 cm³/mol. The zero-order chi connectivity index (χ0) is 17.1. The van der Waals surface area contributed by atoms with Gasteiger partial charge in [0.25, 0.3) is 0 Å². The Kier molecular flexibility index (Phi) is 4.59. The van der Waals surface area contributed by atoms with Gasteiger partial charge >= 0.3 is 0 Å². The van der Waals surface area contributed by atoms with Crippen LogP contribution in [0.3, 0.4) is 0 Å². The molecule has 0 atom stereocenters. The molecule has 1 aromatic carbocycles. The van der Waals surface area contributed by atoms with Gasteiger partial charge in [0.15, 0.2) is 11.5 Å². The minimum Gasteiger partial charge on any atom is -0.454 e. The molecule has 1 aromatic heterocycles. The fourth-order valence-electron chi connectivity index (χ4n) is 3.32. The monoisotopic (exact) mass is 340 g/mol. The first-order valence-electron chi connectivity index (χ1n) is 9.01. The Morgan fingerprint density at radius 3 is 2.64 bits per heavy atom. The van der Waals surface area contributed by atoms with E-state index >= 15 is 0 Å². The third kappa shape index (κ3) is 3.78. The van der Waals surface area contributed by atoms with E-state index in [4.69, 9.17) is 14.5 Å². The van der Waals surface area contributed by atoms with Crippen molar-refractivity contribution in [2.75, 3.05) is 30.1 Å². The van der Waals surface area contributed by atoms with Gasteiger partial charge in [0.1, 0.15) is 5.82 Å². The Labute approximate surface area is 148 Å². The van der Waals surface area contributed by atoms with Crippen LogP contribution >= 0.6 is 0 Å². The number of nitrogens with zero attached hydrogens (tertiary/aromatic N) is 3. The Hall–Kier alpha value is -2.50. The van der Waals surface area contributed by atoms with Crippen molar-refractivity contribution in [1.29, 1.82) is 0 Å². The maximum atomic E-state index is 5.43. The van der Waals surface area contributed by atoms with Crippen molar-refractivity contribution in [3.8, 4) is 11.5 Å². The SMILES string of the molecule is Cc1cc(N2CCCCCC2)nc(NCc2ccc3c(c2)OCO3)n1. The minimum absolute atomic E-state index is 0.298. The highest BCUT2D eigenvalue weighted by atomic mass is 16.7. The van der Waals surface area contributed by atoms with Crippen molar-refractivity contribution in [2.45, 2.75) is 39.2 Å². The molecule has 0 unspecified atom stereocenters. The molecule has 0 bridgehead atoms. The van der Waals surface area contributed by atoms with E-state index in [2.05, 4.69) is 21.3 Å². The van der Waals surface area contributed by atoms with Crippen LogP contribution in [0.5, 0.6) is 11.5 Å². The van der Waals surface area contributed by atoms with E-state index in [9.17, 15) is 0 Å². The number of fused-ring (bicyclic) bond motifs is 1. The van der Waals surface area contributed by atoms with Crippen LogP contribution in [-0.4, -0.2) is 29.9 Å². The molecular weight excluding hydrogens is 316 g/mol. The van der Waals surface area contributed by atoms with Gasteiger partial charge in [0, 0.05) is 31.4 Å². The molecule has 2 aliphatic heterocycles. The molecule has 3 heterocycles. The van der Waals surface area contributed by atoms with Gasteiger partial charge in [0.05, 0.1) is 0 Å². The zero-order valence-electron chi connectivity index (χ0n) is 14.6. The van der Waals surface area contributed by atoms with Gasteiger partial charge in [-0.15, -0.1) is 0 Å². The van der Waals surface area contributed by atoms with Crippen LogP contribution in [0.2, 0.25) is 0 Å². The van der Waals surface area contributed by atoms with Crippen LogP contribution in [0.15, 0.2) is 24.3 Å². The highest BCUT2D eigenvalue weighted by Crippen LogP contribution is 2.32. The molecule has 132 valence electrons. The maximum Gasteiger partial charge on any atom is 0.231 e. The molecule has 25 heavy (non-hydrogen) atoms. The largest absolute Gasteiger partial charge is 0.454 e. The highest BCUT2D eigenvalue weighted by molar-refractivity contribution is 5.47. The van der Waals surface area contributed by atoms with Gasteiger partial charge in [-0.25, -0.2) is 4.98 Å². The maximum absolute atomic E-state index is 5.43. The number of anilines is 2. The van der Waals surface area contributed by atoms with Crippen LogP contribution in [0.1, 0.15) is 36.9 Å². The average Bonchev–Trinajstić information content (AvgIpc) is 2.91. The first kappa shape index (κ1) is 16.0. The van der Waals surface area contributed by atoms with E-state index in [0.29, 0.717) is 19.3 Å². The van der Waals surface area contributed by atoms with E-state index in [0.717, 1.165) is 41.7 Å². The predicted octanol–water partition coefficient (Wildman–Crippen LogP) is 3.51. The second kappa shape index (κ2) is 7.17. The van der Waals surface area contributed by atoms with Gasteiger partial charge in [-0.05, 0) is 37.5 Å². The normalized spacial score (nSPS) is 16.6. The lowest BCUT2D eigenvalue weighted by atomic mass is 10.2. The minimum atomic E-state index is 0.298. The van der Waals surface area contributed by atoms with E-state index < -0.39 is 0 Å². The summed E-state index contributed by atoms with van der Waals surface area (Å²) >= 11 is 0. The fraction of sp³-hybridized carbons (Fsp3) is 0.474. The quantitative estimate of drug-likeness (QED) is 0.919. The summed E-state index contributed by atoms with van der Waals surface area (Å²) < 4.78 is 10.8. The summed E-state index contributed by atoms with van der Waals surface area (Å²) in [6.45, 7) is 5.14. The zero-order valence-corrected chi connectivity index (χ0v) is 14.6. The summed E-state index contributed by atoms with van der Waals surface area (Å²) in [4.78, 5) is 11.7. The molecule has 1 fully saturated rings. The number of aromatic nitrogens is 2. The highest BCUT2D eigenvalue weighted by Gasteiger charge is 2.15. The standard InChI is InChI=1S/C19H24N4O2/c1-14-10-18(23-8-4-2-3-5-9-23)22-19(21-14)20-12-15-6-7-16-17(11-15)25-13-24-16/h6-7,10-11H,2-5,8-9,12-13H2,1H3,(H,20,21,22). The lowest BCUT2D eigenvalue weighted by Crippen LogP contribution is -2.25. The molecule has 0 spiro atoms. The number of ether oxygens (including phenoxy) is 2. The van der Waals surface area contributed by atoms with E-state index in [-0.39, 0.29) is 0 Å².